The molecule has 0 aliphatic rings. The van der Waals surface area contributed by atoms with Crippen LogP contribution in [-0.2, 0) is 6.54 Å². The van der Waals surface area contributed by atoms with Crippen molar-refractivity contribution in [1.29, 1.82) is 0 Å². The van der Waals surface area contributed by atoms with Crippen LogP contribution >= 0.6 is 15.9 Å². The Bertz CT molecular complexity index is 514. The molecule has 0 saturated heterocycles. The van der Waals surface area contributed by atoms with Gasteiger partial charge in [-0.05, 0) is 45.8 Å². The van der Waals surface area contributed by atoms with Crippen molar-refractivity contribution < 1.29 is 8.78 Å². The van der Waals surface area contributed by atoms with Crippen LogP contribution < -0.4 is 5.32 Å². The number of halogens is 3. The first kappa shape index (κ1) is 12.0. The van der Waals surface area contributed by atoms with E-state index in [0.29, 0.717) is 16.7 Å². The van der Waals surface area contributed by atoms with Crippen molar-refractivity contribution in [3.8, 4) is 0 Å². The Kier molecular flexibility index (Phi) is 3.68. The molecular formula is C12H9BrF2N2. The van der Waals surface area contributed by atoms with Gasteiger partial charge in [0, 0.05) is 6.54 Å². The summed E-state index contributed by atoms with van der Waals surface area (Å²) in [6, 6.07) is 7.74. The summed E-state index contributed by atoms with van der Waals surface area (Å²) in [4.78, 5) is 3.51. The fourth-order valence-electron chi connectivity index (χ4n) is 1.33. The quantitative estimate of drug-likeness (QED) is 0.873. The number of pyridine rings is 1. The maximum Gasteiger partial charge on any atom is 0.212 e. The summed E-state index contributed by atoms with van der Waals surface area (Å²) >= 11 is 3.09. The van der Waals surface area contributed by atoms with Crippen molar-refractivity contribution in [3.63, 3.8) is 0 Å². The van der Waals surface area contributed by atoms with Gasteiger partial charge in [-0.1, -0.05) is 6.07 Å². The monoisotopic (exact) mass is 298 g/mol. The van der Waals surface area contributed by atoms with Crippen LogP contribution in [0.15, 0.2) is 41.0 Å². The molecule has 0 saturated carbocycles. The van der Waals surface area contributed by atoms with Crippen LogP contribution in [0.4, 0.5) is 14.5 Å². The molecule has 0 aliphatic heterocycles. The van der Waals surface area contributed by atoms with E-state index in [0.717, 1.165) is 5.56 Å². The van der Waals surface area contributed by atoms with Crippen LogP contribution in [0.25, 0.3) is 0 Å². The Morgan fingerprint density at radius 2 is 2.00 bits per heavy atom. The first-order valence-electron chi connectivity index (χ1n) is 4.94. The van der Waals surface area contributed by atoms with E-state index in [9.17, 15) is 8.78 Å². The zero-order valence-electron chi connectivity index (χ0n) is 8.75. The molecule has 0 fully saturated rings. The molecular weight excluding hydrogens is 290 g/mol. The maximum absolute atomic E-state index is 13.2. The van der Waals surface area contributed by atoms with Crippen LogP contribution in [0.1, 0.15) is 5.56 Å². The topological polar surface area (TPSA) is 24.9 Å². The lowest BCUT2D eigenvalue weighted by Crippen LogP contribution is -2.00. The number of hydrogen-bond donors (Lipinski definition) is 1. The maximum atomic E-state index is 13.2. The molecule has 5 heteroatoms. The minimum atomic E-state index is -0.523. The number of benzene rings is 1. The summed E-state index contributed by atoms with van der Waals surface area (Å²) < 4.78 is 26.2. The lowest BCUT2D eigenvalue weighted by molar-refractivity contribution is 0.584. The van der Waals surface area contributed by atoms with Gasteiger partial charge in [-0.15, -0.1) is 0 Å². The van der Waals surface area contributed by atoms with Crippen LogP contribution in [-0.4, -0.2) is 4.98 Å². The van der Waals surface area contributed by atoms with Crippen molar-refractivity contribution in [2.75, 3.05) is 5.32 Å². The van der Waals surface area contributed by atoms with Crippen molar-refractivity contribution in [3.05, 3.63) is 58.3 Å². The van der Waals surface area contributed by atoms with E-state index >= 15 is 0 Å². The van der Waals surface area contributed by atoms with Gasteiger partial charge in [0.25, 0.3) is 0 Å². The van der Waals surface area contributed by atoms with Crippen molar-refractivity contribution in [2.24, 2.45) is 0 Å². The molecule has 2 rings (SSSR count). The van der Waals surface area contributed by atoms with E-state index in [1.54, 1.807) is 18.2 Å². The average molecular weight is 299 g/mol. The molecule has 1 aromatic carbocycles. The molecule has 0 spiro atoms. The van der Waals surface area contributed by atoms with Crippen LogP contribution in [0.5, 0.6) is 0 Å². The highest BCUT2D eigenvalue weighted by Gasteiger charge is 2.01. The summed E-state index contributed by atoms with van der Waals surface area (Å²) in [7, 11) is 0. The number of hydrogen-bond acceptors (Lipinski definition) is 2. The third-order valence-electron chi connectivity index (χ3n) is 2.21. The van der Waals surface area contributed by atoms with Gasteiger partial charge in [-0.25, -0.2) is 9.37 Å². The molecule has 2 nitrogen and oxygen atoms in total. The van der Waals surface area contributed by atoms with E-state index < -0.39 is 5.95 Å². The van der Waals surface area contributed by atoms with Crippen molar-refractivity contribution in [2.45, 2.75) is 6.54 Å². The third-order valence-corrected chi connectivity index (χ3v) is 2.85. The first-order chi connectivity index (χ1) is 8.15. The van der Waals surface area contributed by atoms with Gasteiger partial charge in [-0.3, -0.25) is 0 Å². The highest BCUT2D eigenvalue weighted by molar-refractivity contribution is 9.10. The third kappa shape index (κ3) is 3.23. The lowest BCUT2D eigenvalue weighted by Gasteiger charge is -2.06. The molecule has 0 unspecified atom stereocenters. The molecule has 0 amide bonds. The van der Waals surface area contributed by atoms with Crippen molar-refractivity contribution >= 4 is 21.6 Å². The molecule has 0 bridgehead atoms. The second-order valence-corrected chi connectivity index (χ2v) is 4.33. The summed E-state index contributed by atoms with van der Waals surface area (Å²) in [6.07, 6.45) is 1.39. The van der Waals surface area contributed by atoms with Gasteiger partial charge in [0.2, 0.25) is 5.95 Å². The minimum Gasteiger partial charge on any atom is -0.380 e. The average Bonchev–Trinajstić information content (AvgIpc) is 2.33. The number of anilines is 1. The Morgan fingerprint density at radius 1 is 1.18 bits per heavy atom. The summed E-state index contributed by atoms with van der Waals surface area (Å²) in [5.74, 6) is -0.827. The predicted octanol–water partition coefficient (Wildman–Crippen LogP) is 3.73. The van der Waals surface area contributed by atoms with Crippen molar-refractivity contribution in [1.82, 2.24) is 4.98 Å². The van der Waals surface area contributed by atoms with Crippen LogP contribution in [0.3, 0.4) is 0 Å². The standard InChI is InChI=1S/C12H9BrF2N2/c13-10-3-1-8(5-11(10)14)6-16-9-2-4-12(15)17-7-9/h1-5,7,16H,6H2. The molecule has 2 aromatic rings. The Balaban J connectivity index is 2.02. The van der Waals surface area contributed by atoms with Gasteiger partial charge in [0.15, 0.2) is 0 Å². The van der Waals surface area contributed by atoms with Crippen LogP contribution in [0, 0.1) is 11.8 Å². The fourth-order valence-corrected chi connectivity index (χ4v) is 1.58. The molecule has 0 atom stereocenters. The number of nitrogens with one attached hydrogen (secondary N) is 1. The minimum absolute atomic E-state index is 0.304. The lowest BCUT2D eigenvalue weighted by atomic mass is 10.2. The van der Waals surface area contributed by atoms with Gasteiger partial charge in [0.05, 0.1) is 16.4 Å². The zero-order chi connectivity index (χ0) is 12.3. The molecule has 1 N–H and O–H groups in total. The molecule has 0 aliphatic carbocycles. The first-order valence-corrected chi connectivity index (χ1v) is 5.74. The number of rotatable bonds is 3. The normalized spacial score (nSPS) is 10.3. The molecule has 17 heavy (non-hydrogen) atoms. The van der Waals surface area contributed by atoms with Gasteiger partial charge in [0.1, 0.15) is 5.82 Å². The summed E-state index contributed by atoms with van der Waals surface area (Å²) in [6.45, 7) is 0.456. The highest BCUT2D eigenvalue weighted by Crippen LogP contribution is 2.17. The SMILES string of the molecule is Fc1ccc(NCc2ccc(Br)c(F)c2)cn1. The van der Waals surface area contributed by atoms with E-state index in [4.69, 9.17) is 0 Å². The van der Waals surface area contributed by atoms with Crippen LogP contribution in [0.2, 0.25) is 0 Å². The second kappa shape index (κ2) is 5.23. The van der Waals surface area contributed by atoms with E-state index in [2.05, 4.69) is 26.2 Å². The summed E-state index contributed by atoms with van der Waals surface area (Å²) in [5.41, 5.74) is 1.49. The van der Waals surface area contributed by atoms with Gasteiger partial charge < -0.3 is 5.32 Å². The van der Waals surface area contributed by atoms with Gasteiger partial charge in [-0.2, -0.15) is 4.39 Å². The number of aromatic nitrogens is 1. The van der Waals surface area contributed by atoms with E-state index in [1.165, 1.54) is 18.3 Å². The Labute approximate surface area is 106 Å². The molecule has 1 heterocycles. The Morgan fingerprint density at radius 3 is 2.65 bits per heavy atom. The fraction of sp³-hybridized carbons (Fsp3) is 0.0833. The second-order valence-electron chi connectivity index (χ2n) is 3.47. The molecule has 1 aromatic heterocycles. The molecule has 88 valence electrons. The number of nitrogens with zero attached hydrogens (tertiary/aromatic N) is 1. The largest absolute Gasteiger partial charge is 0.380 e. The Hall–Kier alpha value is -1.49. The van der Waals surface area contributed by atoms with Gasteiger partial charge >= 0.3 is 0 Å². The highest BCUT2D eigenvalue weighted by atomic mass is 79.9. The van der Waals surface area contributed by atoms with E-state index in [1.807, 2.05) is 0 Å². The molecule has 0 radical (unpaired) electrons. The summed E-state index contributed by atoms with van der Waals surface area (Å²) in [5, 5.41) is 3.02. The smallest absolute Gasteiger partial charge is 0.212 e. The predicted molar refractivity (Wildman–Crippen MR) is 65.6 cm³/mol. The zero-order valence-corrected chi connectivity index (χ0v) is 10.3. The van der Waals surface area contributed by atoms with E-state index in [-0.39, 0.29) is 5.82 Å².